The first-order valence-corrected chi connectivity index (χ1v) is 7.38. The number of carbonyl (C=O) groups excluding carboxylic acids is 1. The van der Waals surface area contributed by atoms with Crippen LogP contribution in [0, 0.1) is 13.8 Å². The fourth-order valence-corrected chi connectivity index (χ4v) is 2.40. The van der Waals surface area contributed by atoms with E-state index in [2.05, 4.69) is 10.5 Å². The van der Waals surface area contributed by atoms with Gasteiger partial charge in [-0.3, -0.25) is 4.79 Å². The average molecular weight is 302 g/mol. The highest BCUT2D eigenvalue weighted by atomic mass is 16.5. The molecule has 5 nitrogen and oxygen atoms in total. The van der Waals surface area contributed by atoms with Gasteiger partial charge in [-0.15, -0.1) is 0 Å². The molecule has 1 aromatic carbocycles. The number of methoxy groups -OCH3 is 1. The maximum Gasteiger partial charge on any atom is 0.220 e. The largest absolute Gasteiger partial charge is 0.375 e. The molecule has 22 heavy (non-hydrogen) atoms. The van der Waals surface area contributed by atoms with Crippen LogP contribution in [0.15, 0.2) is 34.9 Å². The van der Waals surface area contributed by atoms with Crippen molar-refractivity contribution < 1.29 is 14.1 Å². The number of hydrogen-bond donors (Lipinski definition) is 1. The van der Waals surface area contributed by atoms with E-state index in [1.54, 1.807) is 7.11 Å². The van der Waals surface area contributed by atoms with Gasteiger partial charge in [0.15, 0.2) is 0 Å². The molecular formula is C17H22N2O3. The molecule has 1 heterocycles. The van der Waals surface area contributed by atoms with E-state index in [0.717, 1.165) is 22.6 Å². The van der Waals surface area contributed by atoms with Gasteiger partial charge in [-0.1, -0.05) is 35.5 Å². The van der Waals surface area contributed by atoms with Crippen molar-refractivity contribution in [3.63, 3.8) is 0 Å². The van der Waals surface area contributed by atoms with E-state index in [4.69, 9.17) is 9.26 Å². The summed E-state index contributed by atoms with van der Waals surface area (Å²) < 4.78 is 10.5. The Morgan fingerprint density at radius 2 is 2.05 bits per heavy atom. The predicted octanol–water partition coefficient (Wildman–Crippen LogP) is 2.73. The molecule has 1 atom stereocenters. The minimum atomic E-state index is -0.135. The van der Waals surface area contributed by atoms with Gasteiger partial charge in [-0.05, 0) is 25.8 Å². The summed E-state index contributed by atoms with van der Waals surface area (Å²) in [6.07, 6.45) is 0.911. The first-order valence-electron chi connectivity index (χ1n) is 7.38. The summed E-state index contributed by atoms with van der Waals surface area (Å²) in [6, 6.07) is 9.86. The Bertz CT molecular complexity index is 588. The number of amides is 1. The topological polar surface area (TPSA) is 64.4 Å². The Labute approximate surface area is 130 Å². The molecule has 0 radical (unpaired) electrons. The average Bonchev–Trinajstić information content (AvgIpc) is 2.85. The highest BCUT2D eigenvalue weighted by Crippen LogP contribution is 2.16. The number of carbonyl (C=O) groups is 1. The number of aryl methyl sites for hydroxylation is 2. The molecule has 0 bridgehead atoms. The second-order valence-electron chi connectivity index (χ2n) is 5.24. The molecule has 0 spiro atoms. The highest BCUT2D eigenvalue weighted by molar-refractivity contribution is 5.76. The van der Waals surface area contributed by atoms with Crippen molar-refractivity contribution in [3.05, 3.63) is 52.9 Å². The number of rotatable bonds is 7. The van der Waals surface area contributed by atoms with Crippen LogP contribution in [0.2, 0.25) is 0 Å². The molecule has 0 fully saturated rings. The molecule has 0 saturated carbocycles. The summed E-state index contributed by atoms with van der Waals surface area (Å²) in [7, 11) is 1.65. The zero-order valence-electron chi connectivity index (χ0n) is 13.3. The first kappa shape index (κ1) is 16.2. The van der Waals surface area contributed by atoms with Crippen LogP contribution < -0.4 is 5.32 Å². The van der Waals surface area contributed by atoms with Crippen LogP contribution in [-0.4, -0.2) is 24.7 Å². The lowest BCUT2D eigenvalue weighted by molar-refractivity contribution is -0.121. The lowest BCUT2D eigenvalue weighted by atomic mass is 10.1. The molecule has 0 unspecified atom stereocenters. The van der Waals surface area contributed by atoms with Crippen LogP contribution in [0.4, 0.5) is 0 Å². The number of ether oxygens (including phenoxy) is 1. The van der Waals surface area contributed by atoms with Crippen LogP contribution in [0.1, 0.15) is 35.1 Å². The summed E-state index contributed by atoms with van der Waals surface area (Å²) in [6.45, 7) is 4.21. The van der Waals surface area contributed by atoms with Crippen molar-refractivity contribution in [2.45, 2.75) is 32.8 Å². The summed E-state index contributed by atoms with van der Waals surface area (Å²) in [4.78, 5) is 12.0. The Morgan fingerprint density at radius 1 is 1.32 bits per heavy atom. The number of hydrogen-bond acceptors (Lipinski definition) is 4. The lowest BCUT2D eigenvalue weighted by Crippen LogP contribution is -2.29. The smallest absolute Gasteiger partial charge is 0.220 e. The molecule has 1 aromatic heterocycles. The van der Waals surface area contributed by atoms with Crippen molar-refractivity contribution in [1.29, 1.82) is 0 Å². The van der Waals surface area contributed by atoms with Gasteiger partial charge in [0, 0.05) is 25.6 Å². The predicted molar refractivity (Wildman–Crippen MR) is 83.5 cm³/mol. The van der Waals surface area contributed by atoms with Gasteiger partial charge in [-0.2, -0.15) is 0 Å². The molecular weight excluding hydrogens is 280 g/mol. The number of benzene rings is 1. The van der Waals surface area contributed by atoms with Gasteiger partial charge >= 0.3 is 0 Å². The van der Waals surface area contributed by atoms with Crippen molar-refractivity contribution in [2.75, 3.05) is 13.7 Å². The van der Waals surface area contributed by atoms with Crippen molar-refractivity contribution in [2.24, 2.45) is 0 Å². The zero-order valence-corrected chi connectivity index (χ0v) is 13.3. The molecule has 118 valence electrons. The minimum absolute atomic E-state index is 0.00187. The van der Waals surface area contributed by atoms with Gasteiger partial charge in [0.1, 0.15) is 5.76 Å². The van der Waals surface area contributed by atoms with Crippen molar-refractivity contribution in [3.8, 4) is 0 Å². The van der Waals surface area contributed by atoms with Crippen molar-refractivity contribution in [1.82, 2.24) is 10.5 Å². The van der Waals surface area contributed by atoms with E-state index in [-0.39, 0.29) is 12.0 Å². The molecule has 5 heteroatoms. The van der Waals surface area contributed by atoms with E-state index >= 15 is 0 Å². The third-order valence-electron chi connectivity index (χ3n) is 3.72. The number of aromatic nitrogens is 1. The third-order valence-corrected chi connectivity index (χ3v) is 3.72. The van der Waals surface area contributed by atoms with E-state index in [9.17, 15) is 4.79 Å². The molecule has 2 aromatic rings. The van der Waals surface area contributed by atoms with Crippen LogP contribution in [0.3, 0.4) is 0 Å². The Hall–Kier alpha value is -2.14. The normalized spacial score (nSPS) is 12.1. The molecule has 1 amide bonds. The van der Waals surface area contributed by atoms with E-state index < -0.39 is 0 Å². The second kappa shape index (κ2) is 7.75. The Balaban J connectivity index is 1.82. The molecule has 0 aliphatic heterocycles. The fourth-order valence-electron chi connectivity index (χ4n) is 2.40. The van der Waals surface area contributed by atoms with E-state index in [1.807, 2.05) is 44.2 Å². The monoisotopic (exact) mass is 302 g/mol. The van der Waals surface area contributed by atoms with Gasteiger partial charge in [0.05, 0.1) is 11.8 Å². The minimum Gasteiger partial charge on any atom is -0.375 e. The summed E-state index contributed by atoms with van der Waals surface area (Å²) in [5.74, 6) is 0.780. The molecule has 0 aliphatic carbocycles. The SMILES string of the molecule is CO[C@H](CNC(=O)CCc1c(C)noc1C)c1ccccc1. The van der Waals surface area contributed by atoms with Crippen molar-refractivity contribution >= 4 is 5.91 Å². The Kier molecular flexibility index (Phi) is 5.72. The molecule has 0 saturated heterocycles. The fraction of sp³-hybridized carbons (Fsp3) is 0.412. The van der Waals surface area contributed by atoms with Crippen LogP contribution >= 0.6 is 0 Å². The summed E-state index contributed by atoms with van der Waals surface area (Å²) >= 11 is 0. The summed E-state index contributed by atoms with van der Waals surface area (Å²) in [5, 5.41) is 6.81. The first-order chi connectivity index (χ1) is 10.6. The molecule has 0 aliphatic rings. The third kappa shape index (κ3) is 4.18. The number of nitrogens with one attached hydrogen (secondary N) is 1. The lowest BCUT2D eigenvalue weighted by Gasteiger charge is -2.16. The van der Waals surface area contributed by atoms with E-state index in [0.29, 0.717) is 19.4 Å². The van der Waals surface area contributed by atoms with Gasteiger partial charge < -0.3 is 14.6 Å². The Morgan fingerprint density at radius 3 is 2.64 bits per heavy atom. The van der Waals surface area contributed by atoms with Crippen LogP contribution in [0.5, 0.6) is 0 Å². The quantitative estimate of drug-likeness (QED) is 0.854. The van der Waals surface area contributed by atoms with Gasteiger partial charge in [-0.25, -0.2) is 0 Å². The molecule has 2 rings (SSSR count). The van der Waals surface area contributed by atoms with Crippen LogP contribution in [-0.2, 0) is 16.0 Å². The van der Waals surface area contributed by atoms with E-state index in [1.165, 1.54) is 0 Å². The standard InChI is InChI=1S/C17H22N2O3/c1-12-15(13(2)22-19-12)9-10-17(20)18-11-16(21-3)14-7-5-4-6-8-14/h4-8,16H,9-11H2,1-3H3,(H,18,20)/t16-/m1/s1. The van der Waals surface area contributed by atoms with Gasteiger partial charge in [0.25, 0.3) is 0 Å². The maximum atomic E-state index is 12.0. The van der Waals surface area contributed by atoms with Crippen LogP contribution in [0.25, 0.3) is 0 Å². The molecule has 1 N–H and O–H groups in total. The van der Waals surface area contributed by atoms with Gasteiger partial charge in [0.2, 0.25) is 5.91 Å². The highest BCUT2D eigenvalue weighted by Gasteiger charge is 2.14. The summed E-state index contributed by atoms with van der Waals surface area (Å²) in [5.41, 5.74) is 2.92. The zero-order chi connectivity index (χ0) is 15.9. The number of nitrogens with zero attached hydrogens (tertiary/aromatic N) is 1. The second-order valence-corrected chi connectivity index (χ2v) is 5.24. The maximum absolute atomic E-state index is 12.0.